The highest BCUT2D eigenvalue weighted by Gasteiger charge is 2.00. The lowest BCUT2D eigenvalue weighted by molar-refractivity contribution is 1.03. The summed E-state index contributed by atoms with van der Waals surface area (Å²) in [6.07, 6.45) is 11.3. The van der Waals surface area contributed by atoms with Gasteiger partial charge < -0.3 is 0 Å². The number of thioether (sulfide) groups is 2. The highest BCUT2D eigenvalue weighted by Crippen LogP contribution is 2.30. The van der Waals surface area contributed by atoms with E-state index in [1.807, 2.05) is 11.8 Å². The Morgan fingerprint density at radius 2 is 1.73 bits per heavy atom. The van der Waals surface area contributed by atoms with Gasteiger partial charge in [-0.1, -0.05) is 30.0 Å². The first kappa shape index (κ1) is 10.9. The molecule has 0 radical (unpaired) electrons. The van der Waals surface area contributed by atoms with Gasteiger partial charge in [0, 0.05) is 14.7 Å². The van der Waals surface area contributed by atoms with Crippen molar-refractivity contribution >= 4 is 23.5 Å². The predicted molar refractivity (Wildman–Crippen MR) is 70.5 cm³/mol. The normalized spacial score (nSPS) is 15.1. The van der Waals surface area contributed by atoms with Crippen molar-refractivity contribution in [2.45, 2.75) is 22.6 Å². The maximum absolute atomic E-state index is 2.31. The van der Waals surface area contributed by atoms with Crippen LogP contribution in [-0.2, 0) is 0 Å². The SMILES string of the molecule is CSc1ccc(SC2=CCCC=C2)cc1. The molecule has 0 bridgehead atoms. The van der Waals surface area contributed by atoms with Crippen molar-refractivity contribution in [3.05, 3.63) is 47.4 Å². The third kappa shape index (κ3) is 3.18. The summed E-state index contributed by atoms with van der Waals surface area (Å²) in [6.45, 7) is 0. The lowest BCUT2D eigenvalue weighted by atomic mass is 10.2. The van der Waals surface area contributed by atoms with Crippen LogP contribution in [-0.4, -0.2) is 6.26 Å². The zero-order valence-electron chi connectivity index (χ0n) is 8.77. The molecule has 2 heteroatoms. The van der Waals surface area contributed by atoms with E-state index in [0.29, 0.717) is 0 Å². The molecule has 0 saturated carbocycles. The smallest absolute Gasteiger partial charge is 0.0123 e. The molecule has 0 fully saturated rings. The van der Waals surface area contributed by atoms with Crippen molar-refractivity contribution in [1.29, 1.82) is 0 Å². The van der Waals surface area contributed by atoms with Gasteiger partial charge in [0.1, 0.15) is 0 Å². The fourth-order valence-corrected chi connectivity index (χ4v) is 2.76. The highest BCUT2D eigenvalue weighted by molar-refractivity contribution is 8.03. The van der Waals surface area contributed by atoms with Crippen molar-refractivity contribution in [2.75, 3.05) is 6.26 Å². The molecule has 1 aromatic rings. The van der Waals surface area contributed by atoms with Gasteiger partial charge in [-0.3, -0.25) is 0 Å². The molecule has 1 aromatic carbocycles. The van der Waals surface area contributed by atoms with Crippen LogP contribution in [0.3, 0.4) is 0 Å². The first-order chi connectivity index (χ1) is 7.38. The number of benzene rings is 1. The van der Waals surface area contributed by atoms with E-state index in [9.17, 15) is 0 Å². The summed E-state index contributed by atoms with van der Waals surface area (Å²) >= 11 is 3.63. The summed E-state index contributed by atoms with van der Waals surface area (Å²) in [5.41, 5.74) is 0. The maximum Gasteiger partial charge on any atom is 0.0123 e. The summed E-state index contributed by atoms with van der Waals surface area (Å²) in [5, 5.41) is 0. The lowest BCUT2D eigenvalue weighted by Gasteiger charge is -2.06. The molecule has 0 spiro atoms. The zero-order chi connectivity index (χ0) is 10.5. The fraction of sp³-hybridized carbons (Fsp3) is 0.231. The van der Waals surface area contributed by atoms with Crippen LogP contribution in [0.15, 0.2) is 57.2 Å². The maximum atomic E-state index is 2.31. The topological polar surface area (TPSA) is 0 Å². The Balaban J connectivity index is 2.04. The molecule has 78 valence electrons. The van der Waals surface area contributed by atoms with E-state index < -0.39 is 0 Å². The molecule has 0 saturated heterocycles. The fourth-order valence-electron chi connectivity index (χ4n) is 1.44. The first-order valence-electron chi connectivity index (χ1n) is 5.07. The van der Waals surface area contributed by atoms with Gasteiger partial charge in [-0.15, -0.1) is 11.8 Å². The predicted octanol–water partition coefficient (Wildman–Crippen LogP) is 4.73. The van der Waals surface area contributed by atoms with E-state index in [-0.39, 0.29) is 0 Å². The van der Waals surface area contributed by atoms with E-state index in [4.69, 9.17) is 0 Å². The first-order valence-corrected chi connectivity index (χ1v) is 7.11. The van der Waals surface area contributed by atoms with Gasteiger partial charge in [-0.2, -0.15) is 0 Å². The van der Waals surface area contributed by atoms with Gasteiger partial charge in [0.05, 0.1) is 0 Å². The number of hydrogen-bond donors (Lipinski definition) is 0. The van der Waals surface area contributed by atoms with Crippen LogP contribution in [0.25, 0.3) is 0 Å². The van der Waals surface area contributed by atoms with Gasteiger partial charge in [-0.05, 0) is 43.4 Å². The van der Waals surface area contributed by atoms with Crippen molar-refractivity contribution in [2.24, 2.45) is 0 Å². The second-order valence-electron chi connectivity index (χ2n) is 3.36. The lowest BCUT2D eigenvalue weighted by Crippen LogP contribution is -1.80. The molecule has 1 aliphatic carbocycles. The standard InChI is InChI=1S/C13H14S2/c1-14-11-7-9-13(10-8-11)15-12-5-3-2-4-6-12/h3,5-10H,2,4H2,1H3. The summed E-state index contributed by atoms with van der Waals surface area (Å²) in [7, 11) is 0. The largest absolute Gasteiger partial charge is 0.130 e. The molecule has 0 nitrogen and oxygen atoms in total. The van der Waals surface area contributed by atoms with Crippen LogP contribution >= 0.6 is 23.5 Å². The van der Waals surface area contributed by atoms with Crippen molar-refractivity contribution in [3.63, 3.8) is 0 Å². The number of allylic oxidation sites excluding steroid dienone is 3. The van der Waals surface area contributed by atoms with E-state index in [0.717, 1.165) is 0 Å². The summed E-state index contributed by atoms with van der Waals surface area (Å²) in [4.78, 5) is 4.02. The summed E-state index contributed by atoms with van der Waals surface area (Å²) in [6, 6.07) is 8.75. The van der Waals surface area contributed by atoms with Gasteiger partial charge in [0.25, 0.3) is 0 Å². The molecule has 1 aliphatic rings. The van der Waals surface area contributed by atoms with Crippen LogP contribution in [0, 0.1) is 0 Å². The van der Waals surface area contributed by atoms with E-state index in [2.05, 4.69) is 48.7 Å². The molecule has 0 heterocycles. The highest BCUT2D eigenvalue weighted by atomic mass is 32.2. The van der Waals surface area contributed by atoms with E-state index >= 15 is 0 Å². The van der Waals surface area contributed by atoms with Crippen molar-refractivity contribution < 1.29 is 0 Å². The minimum Gasteiger partial charge on any atom is -0.130 e. The molecule has 15 heavy (non-hydrogen) atoms. The second kappa shape index (κ2) is 5.47. The van der Waals surface area contributed by atoms with E-state index in [1.165, 1.54) is 27.5 Å². The monoisotopic (exact) mass is 234 g/mol. The number of rotatable bonds is 3. The van der Waals surface area contributed by atoms with Crippen LogP contribution in [0.5, 0.6) is 0 Å². The minimum absolute atomic E-state index is 1.18. The summed E-state index contributed by atoms with van der Waals surface area (Å²) < 4.78 is 0. The van der Waals surface area contributed by atoms with Gasteiger partial charge in [-0.25, -0.2) is 0 Å². The molecule has 0 amide bonds. The zero-order valence-corrected chi connectivity index (χ0v) is 10.4. The molecule has 0 aromatic heterocycles. The van der Waals surface area contributed by atoms with E-state index in [1.54, 1.807) is 11.8 Å². The molecule has 0 atom stereocenters. The van der Waals surface area contributed by atoms with Gasteiger partial charge in [0.15, 0.2) is 0 Å². The Bertz CT molecular complexity index is 374. The Morgan fingerprint density at radius 3 is 2.33 bits per heavy atom. The Hall–Kier alpha value is -0.600. The van der Waals surface area contributed by atoms with Gasteiger partial charge in [0.2, 0.25) is 0 Å². The summed E-state index contributed by atoms with van der Waals surface area (Å²) in [5.74, 6) is 0. The average molecular weight is 234 g/mol. The second-order valence-corrected chi connectivity index (χ2v) is 5.39. The third-order valence-electron chi connectivity index (χ3n) is 2.26. The van der Waals surface area contributed by atoms with Crippen LogP contribution in [0.2, 0.25) is 0 Å². The Morgan fingerprint density at radius 1 is 1.00 bits per heavy atom. The van der Waals surface area contributed by atoms with Crippen molar-refractivity contribution in [3.8, 4) is 0 Å². The van der Waals surface area contributed by atoms with Crippen LogP contribution in [0.1, 0.15) is 12.8 Å². The molecular weight excluding hydrogens is 220 g/mol. The number of hydrogen-bond acceptors (Lipinski definition) is 2. The Kier molecular flexibility index (Phi) is 3.98. The molecule has 2 rings (SSSR count). The van der Waals surface area contributed by atoms with Gasteiger partial charge >= 0.3 is 0 Å². The molecule has 0 unspecified atom stereocenters. The average Bonchev–Trinajstić information content (AvgIpc) is 2.31. The minimum atomic E-state index is 1.18. The third-order valence-corrected chi connectivity index (χ3v) is 4.05. The molecular formula is C13H14S2. The molecule has 0 N–H and O–H groups in total. The quantitative estimate of drug-likeness (QED) is 0.693. The van der Waals surface area contributed by atoms with Crippen LogP contribution < -0.4 is 0 Å². The van der Waals surface area contributed by atoms with Crippen molar-refractivity contribution in [1.82, 2.24) is 0 Å². The van der Waals surface area contributed by atoms with Crippen LogP contribution in [0.4, 0.5) is 0 Å². The molecule has 0 aliphatic heterocycles. The Labute approximate surface area is 99.8 Å².